The second-order valence-electron chi connectivity index (χ2n) is 6.77. The van der Waals surface area contributed by atoms with Crippen LogP contribution < -0.4 is 0 Å². The Kier molecular flexibility index (Phi) is 5.40. The molecule has 24 heavy (non-hydrogen) atoms. The fourth-order valence-electron chi connectivity index (χ4n) is 4.53. The van der Waals surface area contributed by atoms with Crippen LogP contribution in [0.25, 0.3) is 0 Å². The van der Waals surface area contributed by atoms with Crippen LogP contribution in [0.15, 0.2) is 23.4 Å². The van der Waals surface area contributed by atoms with E-state index in [-0.39, 0.29) is 24.0 Å². The van der Waals surface area contributed by atoms with E-state index in [2.05, 4.69) is 24.0 Å². The number of hydrogen-bond acceptors (Lipinski definition) is 4. The van der Waals surface area contributed by atoms with Gasteiger partial charge in [0.15, 0.2) is 0 Å². The molecule has 1 aromatic rings. The molecular weight excluding hydrogens is 347 g/mol. The van der Waals surface area contributed by atoms with E-state index in [1.807, 2.05) is 18.2 Å². The highest BCUT2D eigenvalue weighted by atomic mass is 35.5. The fraction of sp³-hybridized carbons (Fsp3) is 0.611. The van der Waals surface area contributed by atoms with Crippen LogP contribution >= 0.6 is 23.2 Å². The lowest BCUT2D eigenvalue weighted by atomic mass is 9.73. The van der Waals surface area contributed by atoms with Gasteiger partial charge in [-0.25, -0.2) is 0 Å². The maximum atomic E-state index is 10.6. The van der Waals surface area contributed by atoms with E-state index in [1.54, 1.807) is 7.11 Å². The summed E-state index contributed by atoms with van der Waals surface area (Å²) >= 11 is 12.3. The topological polar surface area (TPSA) is 45.1 Å². The molecule has 1 aromatic carbocycles. The molecule has 4 nitrogen and oxygen atoms in total. The lowest BCUT2D eigenvalue weighted by Gasteiger charge is -2.44. The smallest absolute Gasteiger partial charge is 0.106 e. The average Bonchev–Trinajstić information content (AvgIpc) is 2.74. The van der Waals surface area contributed by atoms with E-state index in [9.17, 15) is 5.11 Å². The van der Waals surface area contributed by atoms with Crippen molar-refractivity contribution in [2.45, 2.75) is 50.3 Å². The van der Waals surface area contributed by atoms with Crippen molar-refractivity contribution in [3.63, 3.8) is 0 Å². The standard InChI is InChI=1S/C18H24Cl2N2O2/c1-4-15(21-24-3)17-12(10-5-6-13(19)14(20)7-10)8-11-9-16(23)18(17)22(11)2/h5-7,11-12,16-18,23H,4,8-9H2,1-3H3/t11?,12-,16?,17+,18+/m0/s1. The van der Waals surface area contributed by atoms with Gasteiger partial charge in [-0.05, 0) is 49.9 Å². The number of rotatable bonds is 4. The van der Waals surface area contributed by atoms with Gasteiger partial charge in [-0.2, -0.15) is 0 Å². The summed E-state index contributed by atoms with van der Waals surface area (Å²) in [4.78, 5) is 7.40. The average molecular weight is 371 g/mol. The maximum absolute atomic E-state index is 10.6. The molecule has 5 atom stereocenters. The van der Waals surface area contributed by atoms with E-state index in [0.29, 0.717) is 16.1 Å². The minimum absolute atomic E-state index is 0.0528. The van der Waals surface area contributed by atoms with Crippen LogP contribution in [0.5, 0.6) is 0 Å². The first-order chi connectivity index (χ1) is 11.5. The van der Waals surface area contributed by atoms with Crippen molar-refractivity contribution in [3.05, 3.63) is 33.8 Å². The Morgan fingerprint density at radius 3 is 2.71 bits per heavy atom. The third kappa shape index (κ3) is 3.05. The van der Waals surface area contributed by atoms with Crippen LogP contribution in [0.2, 0.25) is 10.0 Å². The summed E-state index contributed by atoms with van der Waals surface area (Å²) in [6.45, 7) is 2.08. The number of oxime groups is 1. The van der Waals surface area contributed by atoms with Gasteiger partial charge in [0.05, 0.1) is 21.9 Å². The van der Waals surface area contributed by atoms with Crippen molar-refractivity contribution < 1.29 is 9.94 Å². The van der Waals surface area contributed by atoms with E-state index >= 15 is 0 Å². The molecular formula is C18H24Cl2N2O2. The molecule has 0 aromatic heterocycles. The number of fused-ring (bicyclic) bond motifs is 2. The van der Waals surface area contributed by atoms with E-state index in [4.69, 9.17) is 28.0 Å². The summed E-state index contributed by atoms with van der Waals surface area (Å²) in [6, 6.07) is 6.28. The molecule has 2 saturated heterocycles. The van der Waals surface area contributed by atoms with Crippen molar-refractivity contribution in [3.8, 4) is 0 Å². The SMILES string of the molecule is CCC(=NOC)[C@@H]1[C@H]2C(O)CC(C[C@H]1c1ccc(Cl)c(Cl)c1)N2C. The van der Waals surface area contributed by atoms with Gasteiger partial charge in [0.1, 0.15) is 7.11 Å². The third-order valence-electron chi connectivity index (χ3n) is 5.61. The molecule has 2 bridgehead atoms. The second-order valence-corrected chi connectivity index (χ2v) is 7.59. The quantitative estimate of drug-likeness (QED) is 0.644. The van der Waals surface area contributed by atoms with Gasteiger partial charge in [0, 0.05) is 18.0 Å². The first kappa shape index (κ1) is 18.0. The molecule has 2 unspecified atom stereocenters. The van der Waals surface area contributed by atoms with Crippen molar-refractivity contribution in [1.29, 1.82) is 0 Å². The van der Waals surface area contributed by atoms with Gasteiger partial charge in [0.2, 0.25) is 0 Å². The summed E-state index contributed by atoms with van der Waals surface area (Å²) in [5.74, 6) is 0.350. The first-order valence-corrected chi connectivity index (χ1v) is 9.18. The summed E-state index contributed by atoms with van der Waals surface area (Å²) < 4.78 is 0. The number of nitrogens with zero attached hydrogens (tertiary/aromatic N) is 2. The van der Waals surface area contributed by atoms with Gasteiger partial charge in [0.25, 0.3) is 0 Å². The lowest BCUT2D eigenvalue weighted by molar-refractivity contribution is 0.0694. The highest BCUT2D eigenvalue weighted by Gasteiger charge is 2.52. The zero-order valence-electron chi connectivity index (χ0n) is 14.2. The van der Waals surface area contributed by atoms with Crippen molar-refractivity contribution >= 4 is 28.9 Å². The molecule has 0 radical (unpaired) electrons. The number of aliphatic hydroxyl groups excluding tert-OH is 1. The van der Waals surface area contributed by atoms with Crippen LogP contribution in [-0.4, -0.2) is 48.1 Å². The van der Waals surface area contributed by atoms with E-state index < -0.39 is 0 Å². The molecule has 132 valence electrons. The van der Waals surface area contributed by atoms with Gasteiger partial charge in [-0.1, -0.05) is 41.3 Å². The first-order valence-electron chi connectivity index (χ1n) is 8.42. The van der Waals surface area contributed by atoms with Gasteiger partial charge in [-0.15, -0.1) is 0 Å². The van der Waals surface area contributed by atoms with Gasteiger partial charge < -0.3 is 9.94 Å². The number of hydrogen-bond donors (Lipinski definition) is 1. The van der Waals surface area contributed by atoms with Gasteiger partial charge >= 0.3 is 0 Å². The number of benzene rings is 1. The van der Waals surface area contributed by atoms with Crippen LogP contribution in [0.4, 0.5) is 0 Å². The van der Waals surface area contributed by atoms with Crippen LogP contribution in [-0.2, 0) is 4.84 Å². The number of aliphatic hydroxyl groups is 1. The summed E-state index contributed by atoms with van der Waals surface area (Å²) in [6.07, 6.45) is 2.22. The normalized spacial score (nSPS) is 33.8. The Labute approximate surface area is 153 Å². The Bertz CT molecular complexity index is 637. The Balaban J connectivity index is 2.05. The predicted molar refractivity (Wildman–Crippen MR) is 98.0 cm³/mol. The monoisotopic (exact) mass is 370 g/mol. The summed E-state index contributed by atoms with van der Waals surface area (Å²) in [5.41, 5.74) is 2.15. The highest BCUT2D eigenvalue weighted by molar-refractivity contribution is 6.42. The molecule has 2 aliphatic rings. The number of halogens is 2. The van der Waals surface area contributed by atoms with Crippen molar-refractivity contribution in [2.24, 2.45) is 11.1 Å². The predicted octanol–water partition coefficient (Wildman–Crippen LogP) is 3.94. The Morgan fingerprint density at radius 1 is 1.33 bits per heavy atom. The molecule has 2 fully saturated rings. The molecule has 1 N–H and O–H groups in total. The molecule has 0 amide bonds. The molecule has 0 saturated carbocycles. The van der Waals surface area contributed by atoms with Crippen LogP contribution in [0.3, 0.4) is 0 Å². The fourth-order valence-corrected chi connectivity index (χ4v) is 4.83. The molecule has 2 heterocycles. The van der Waals surface area contributed by atoms with Crippen molar-refractivity contribution in [1.82, 2.24) is 4.90 Å². The zero-order chi connectivity index (χ0) is 17.4. The van der Waals surface area contributed by atoms with Crippen LogP contribution in [0, 0.1) is 5.92 Å². The Morgan fingerprint density at radius 2 is 2.08 bits per heavy atom. The number of piperidine rings is 1. The van der Waals surface area contributed by atoms with Crippen LogP contribution in [0.1, 0.15) is 37.7 Å². The van der Waals surface area contributed by atoms with E-state index in [1.165, 1.54) is 0 Å². The molecule has 6 heteroatoms. The summed E-state index contributed by atoms with van der Waals surface area (Å²) in [7, 11) is 3.67. The largest absolute Gasteiger partial charge is 0.399 e. The molecule has 3 rings (SSSR count). The van der Waals surface area contributed by atoms with Gasteiger partial charge in [-0.3, -0.25) is 4.90 Å². The second kappa shape index (κ2) is 7.20. The maximum Gasteiger partial charge on any atom is 0.106 e. The Hall–Kier alpha value is -0.810. The number of likely N-dealkylation sites (N-methyl/N-ethyl adjacent to an activating group) is 1. The molecule has 2 aliphatic heterocycles. The van der Waals surface area contributed by atoms with E-state index in [0.717, 1.165) is 30.5 Å². The summed E-state index contributed by atoms with van der Waals surface area (Å²) in [5, 5.41) is 16.1. The lowest BCUT2D eigenvalue weighted by Crippen LogP contribution is -2.51. The minimum atomic E-state index is -0.341. The van der Waals surface area contributed by atoms with Crippen molar-refractivity contribution in [2.75, 3.05) is 14.2 Å². The highest BCUT2D eigenvalue weighted by Crippen LogP contribution is 2.48. The minimum Gasteiger partial charge on any atom is -0.399 e. The molecule has 0 spiro atoms. The zero-order valence-corrected chi connectivity index (χ0v) is 15.8. The third-order valence-corrected chi connectivity index (χ3v) is 6.35. The molecule has 0 aliphatic carbocycles.